The molecule has 0 aliphatic carbocycles. The minimum absolute atomic E-state index is 0.0859. The number of benzene rings is 1. The van der Waals surface area contributed by atoms with Crippen molar-refractivity contribution in [2.45, 2.75) is 6.18 Å². The molecule has 118 valence electrons. The van der Waals surface area contributed by atoms with E-state index >= 15 is 0 Å². The average Bonchev–Trinajstić information content (AvgIpc) is 2.42. The topological polar surface area (TPSA) is 38.2 Å². The van der Waals surface area contributed by atoms with Crippen molar-refractivity contribution in [2.24, 2.45) is 0 Å². The Labute approximate surface area is 134 Å². The number of halogens is 5. The second-order valence-corrected chi connectivity index (χ2v) is 5.22. The zero-order chi connectivity index (χ0) is 16.5. The van der Waals surface area contributed by atoms with E-state index in [0.717, 1.165) is 0 Å². The third kappa shape index (κ3) is 3.72. The maximum Gasteiger partial charge on any atom is 0.433 e. The molecule has 0 bridgehead atoms. The highest BCUT2D eigenvalue weighted by atomic mass is 35.5. The molecular formula is C13H10Cl2F3N3O. The summed E-state index contributed by atoms with van der Waals surface area (Å²) < 4.78 is 44.0. The van der Waals surface area contributed by atoms with Gasteiger partial charge >= 0.3 is 6.18 Å². The monoisotopic (exact) mass is 351 g/mol. The molecule has 4 nitrogen and oxygen atoms in total. The summed E-state index contributed by atoms with van der Waals surface area (Å²) in [7, 11) is 3.04. The summed E-state index contributed by atoms with van der Waals surface area (Å²) in [5.74, 6) is -0.316. The van der Waals surface area contributed by atoms with E-state index < -0.39 is 11.9 Å². The standard InChI is InChI=1S/C13H10Cl2F3N3O/c1-21(2)12-19-9(13(16,17)18)6-10(20-12)22-8-5-3-4-7(14)11(8)15/h3-6H,1-2H3. The molecule has 0 saturated carbocycles. The van der Waals surface area contributed by atoms with Crippen molar-refractivity contribution in [3.05, 3.63) is 40.0 Å². The Morgan fingerprint density at radius 2 is 1.82 bits per heavy atom. The lowest BCUT2D eigenvalue weighted by molar-refractivity contribution is -0.141. The third-order valence-electron chi connectivity index (χ3n) is 2.51. The van der Waals surface area contributed by atoms with Gasteiger partial charge in [0.05, 0.1) is 5.02 Å². The van der Waals surface area contributed by atoms with Gasteiger partial charge in [-0.05, 0) is 12.1 Å². The maximum absolute atomic E-state index is 12.9. The van der Waals surface area contributed by atoms with Crippen molar-refractivity contribution in [3.63, 3.8) is 0 Å². The summed E-state index contributed by atoms with van der Waals surface area (Å²) in [5, 5.41) is 0.305. The van der Waals surface area contributed by atoms with Crippen LogP contribution in [0.25, 0.3) is 0 Å². The first-order valence-electron chi connectivity index (χ1n) is 5.94. The number of alkyl halides is 3. The van der Waals surface area contributed by atoms with Crippen LogP contribution >= 0.6 is 23.2 Å². The normalized spacial score (nSPS) is 11.4. The quantitative estimate of drug-likeness (QED) is 0.805. The van der Waals surface area contributed by atoms with Gasteiger partial charge in [-0.15, -0.1) is 0 Å². The fourth-order valence-electron chi connectivity index (χ4n) is 1.49. The highest BCUT2D eigenvalue weighted by Crippen LogP contribution is 2.36. The van der Waals surface area contributed by atoms with Crippen molar-refractivity contribution in [1.29, 1.82) is 0 Å². The molecule has 22 heavy (non-hydrogen) atoms. The van der Waals surface area contributed by atoms with Crippen molar-refractivity contribution in [2.75, 3.05) is 19.0 Å². The fourth-order valence-corrected chi connectivity index (χ4v) is 1.82. The Bertz CT molecular complexity index is 693. The SMILES string of the molecule is CN(C)c1nc(Oc2cccc(Cl)c2Cl)cc(C(F)(F)F)n1. The van der Waals surface area contributed by atoms with Gasteiger partial charge in [-0.25, -0.2) is 4.98 Å². The van der Waals surface area contributed by atoms with Gasteiger partial charge in [0, 0.05) is 20.2 Å². The van der Waals surface area contributed by atoms with Crippen molar-refractivity contribution < 1.29 is 17.9 Å². The molecule has 1 aromatic heterocycles. The van der Waals surface area contributed by atoms with Crippen LogP contribution in [0.5, 0.6) is 11.6 Å². The van der Waals surface area contributed by atoms with E-state index in [1.54, 1.807) is 6.07 Å². The highest BCUT2D eigenvalue weighted by molar-refractivity contribution is 6.42. The second-order valence-electron chi connectivity index (χ2n) is 4.44. The number of nitrogens with zero attached hydrogens (tertiary/aromatic N) is 3. The lowest BCUT2D eigenvalue weighted by Crippen LogP contribution is -2.17. The summed E-state index contributed by atoms with van der Waals surface area (Å²) in [6.45, 7) is 0. The molecule has 0 aliphatic heterocycles. The van der Waals surface area contributed by atoms with E-state index in [4.69, 9.17) is 27.9 Å². The molecule has 0 spiro atoms. The number of aromatic nitrogens is 2. The van der Waals surface area contributed by atoms with Crippen LogP contribution in [-0.4, -0.2) is 24.1 Å². The van der Waals surface area contributed by atoms with Crippen LogP contribution in [0.3, 0.4) is 0 Å². The molecule has 1 heterocycles. The van der Waals surface area contributed by atoms with Gasteiger partial charge in [-0.2, -0.15) is 18.2 Å². The molecule has 0 atom stereocenters. The molecule has 0 saturated heterocycles. The molecule has 0 aliphatic rings. The van der Waals surface area contributed by atoms with E-state index in [1.807, 2.05) is 0 Å². The number of hydrogen-bond acceptors (Lipinski definition) is 4. The van der Waals surface area contributed by atoms with Gasteiger partial charge in [-0.3, -0.25) is 0 Å². The number of hydrogen-bond donors (Lipinski definition) is 0. The first kappa shape index (κ1) is 16.6. The Balaban J connectivity index is 2.46. The van der Waals surface area contributed by atoms with Crippen LogP contribution in [0.4, 0.5) is 19.1 Å². The Kier molecular flexibility index (Phi) is 4.67. The average molecular weight is 352 g/mol. The largest absolute Gasteiger partial charge is 0.437 e. The van der Waals surface area contributed by atoms with Gasteiger partial charge in [0.15, 0.2) is 5.69 Å². The zero-order valence-electron chi connectivity index (χ0n) is 11.4. The minimum Gasteiger partial charge on any atom is -0.437 e. The molecule has 2 rings (SSSR count). The Morgan fingerprint density at radius 3 is 2.41 bits per heavy atom. The van der Waals surface area contributed by atoms with Gasteiger partial charge in [0.2, 0.25) is 11.8 Å². The molecule has 0 unspecified atom stereocenters. The summed E-state index contributed by atoms with van der Waals surface area (Å²) in [6.07, 6.45) is -4.62. The van der Waals surface area contributed by atoms with Gasteiger partial charge in [0.25, 0.3) is 0 Å². The van der Waals surface area contributed by atoms with Crippen LogP contribution in [0.2, 0.25) is 10.0 Å². The Morgan fingerprint density at radius 1 is 1.14 bits per heavy atom. The van der Waals surface area contributed by atoms with E-state index in [-0.39, 0.29) is 27.6 Å². The smallest absolute Gasteiger partial charge is 0.433 e. The van der Waals surface area contributed by atoms with Crippen LogP contribution in [0.1, 0.15) is 5.69 Å². The molecule has 0 radical (unpaired) electrons. The van der Waals surface area contributed by atoms with E-state index in [0.29, 0.717) is 6.07 Å². The molecule has 9 heteroatoms. The maximum atomic E-state index is 12.9. The van der Waals surface area contributed by atoms with E-state index in [2.05, 4.69) is 9.97 Å². The fraction of sp³-hybridized carbons (Fsp3) is 0.231. The summed E-state index contributed by atoms with van der Waals surface area (Å²) in [6, 6.07) is 5.26. The van der Waals surface area contributed by atoms with Gasteiger partial charge in [0.1, 0.15) is 10.8 Å². The predicted octanol–water partition coefficient (Wildman–Crippen LogP) is 4.66. The van der Waals surface area contributed by atoms with Crippen molar-refractivity contribution in [1.82, 2.24) is 9.97 Å². The van der Waals surface area contributed by atoms with E-state index in [9.17, 15) is 13.2 Å². The molecule has 0 N–H and O–H groups in total. The van der Waals surface area contributed by atoms with Gasteiger partial charge < -0.3 is 9.64 Å². The number of ether oxygens (including phenoxy) is 1. The predicted molar refractivity (Wildman–Crippen MR) is 77.9 cm³/mol. The van der Waals surface area contributed by atoms with Crippen LogP contribution in [-0.2, 0) is 6.18 Å². The van der Waals surface area contributed by atoms with Crippen LogP contribution in [0.15, 0.2) is 24.3 Å². The second kappa shape index (κ2) is 6.18. The summed E-state index contributed by atoms with van der Waals surface area (Å²) >= 11 is 11.8. The first-order chi connectivity index (χ1) is 10.2. The van der Waals surface area contributed by atoms with Crippen LogP contribution < -0.4 is 9.64 Å². The number of anilines is 1. The molecule has 0 amide bonds. The highest BCUT2D eigenvalue weighted by Gasteiger charge is 2.34. The zero-order valence-corrected chi connectivity index (χ0v) is 13.0. The Hall–Kier alpha value is -1.73. The minimum atomic E-state index is -4.62. The third-order valence-corrected chi connectivity index (χ3v) is 3.31. The first-order valence-corrected chi connectivity index (χ1v) is 6.69. The van der Waals surface area contributed by atoms with Gasteiger partial charge in [-0.1, -0.05) is 29.3 Å². The summed E-state index contributed by atoms with van der Waals surface area (Å²) in [4.78, 5) is 8.67. The lowest BCUT2D eigenvalue weighted by Gasteiger charge is -2.15. The van der Waals surface area contributed by atoms with E-state index in [1.165, 1.54) is 31.1 Å². The molecule has 1 aromatic carbocycles. The lowest BCUT2D eigenvalue weighted by atomic mass is 10.3. The molecule has 2 aromatic rings. The van der Waals surface area contributed by atoms with Crippen molar-refractivity contribution >= 4 is 29.2 Å². The number of rotatable bonds is 3. The summed E-state index contributed by atoms with van der Waals surface area (Å²) in [5.41, 5.74) is -1.11. The van der Waals surface area contributed by atoms with Crippen LogP contribution in [0, 0.1) is 0 Å². The molecule has 0 fully saturated rings. The molecular weight excluding hydrogens is 342 g/mol. The van der Waals surface area contributed by atoms with Crippen molar-refractivity contribution in [3.8, 4) is 11.6 Å².